The molecule has 0 aromatic heterocycles. The van der Waals surface area contributed by atoms with E-state index in [4.69, 9.17) is 9.47 Å². The summed E-state index contributed by atoms with van der Waals surface area (Å²) < 4.78 is 23.4. The number of benzene rings is 2. The molecule has 0 aliphatic carbocycles. The van der Waals surface area contributed by atoms with Gasteiger partial charge in [-0.15, -0.1) is 0 Å². The molecule has 5 nitrogen and oxygen atoms in total. The van der Waals surface area contributed by atoms with Gasteiger partial charge in [-0.2, -0.15) is 5.10 Å². The van der Waals surface area contributed by atoms with Crippen molar-refractivity contribution in [1.29, 1.82) is 0 Å². The Bertz CT molecular complexity index is 674. The normalized spacial score (nSPS) is 10.5. The molecule has 6 heteroatoms. The molecule has 2 aromatic rings. The van der Waals surface area contributed by atoms with Gasteiger partial charge in [0.1, 0.15) is 5.82 Å². The Kier molecular flexibility index (Phi) is 5.48. The lowest BCUT2D eigenvalue weighted by Crippen LogP contribution is -2.24. The van der Waals surface area contributed by atoms with Crippen LogP contribution in [0.4, 0.5) is 4.39 Å². The molecule has 1 N–H and O–H groups in total. The van der Waals surface area contributed by atoms with Gasteiger partial charge in [0.15, 0.2) is 18.1 Å². The lowest BCUT2D eigenvalue weighted by molar-refractivity contribution is -0.123. The maximum Gasteiger partial charge on any atom is 0.277 e. The molecule has 0 aliphatic heterocycles. The van der Waals surface area contributed by atoms with E-state index in [1.807, 2.05) is 0 Å². The monoisotopic (exact) mass is 302 g/mol. The SMILES string of the molecule is COc1ccccc1OCC(=O)N/N=C/c1cccc(F)c1. The van der Waals surface area contributed by atoms with Crippen LogP contribution in [0.5, 0.6) is 11.5 Å². The van der Waals surface area contributed by atoms with Crippen LogP contribution in [0.2, 0.25) is 0 Å². The number of para-hydroxylation sites is 2. The van der Waals surface area contributed by atoms with Gasteiger partial charge in [-0.1, -0.05) is 24.3 Å². The number of carbonyl (C=O) groups excluding carboxylic acids is 1. The number of methoxy groups -OCH3 is 1. The number of carbonyl (C=O) groups is 1. The Morgan fingerprint density at radius 3 is 2.73 bits per heavy atom. The third-order valence-electron chi connectivity index (χ3n) is 2.68. The highest BCUT2D eigenvalue weighted by molar-refractivity contribution is 5.82. The first kappa shape index (κ1) is 15.5. The molecule has 2 aromatic carbocycles. The number of nitrogens with zero attached hydrogens (tertiary/aromatic N) is 1. The Morgan fingerprint density at radius 1 is 1.23 bits per heavy atom. The van der Waals surface area contributed by atoms with Gasteiger partial charge in [-0.3, -0.25) is 4.79 Å². The van der Waals surface area contributed by atoms with Gasteiger partial charge in [-0.05, 0) is 29.8 Å². The minimum atomic E-state index is -0.432. The van der Waals surface area contributed by atoms with Crippen LogP contribution >= 0.6 is 0 Å². The predicted molar refractivity (Wildman–Crippen MR) is 80.6 cm³/mol. The summed E-state index contributed by atoms with van der Waals surface area (Å²) >= 11 is 0. The van der Waals surface area contributed by atoms with Crippen LogP contribution in [0.1, 0.15) is 5.56 Å². The van der Waals surface area contributed by atoms with Gasteiger partial charge in [0.05, 0.1) is 13.3 Å². The molecule has 0 spiro atoms. The molecular weight excluding hydrogens is 287 g/mol. The van der Waals surface area contributed by atoms with Crippen molar-refractivity contribution in [3.05, 3.63) is 59.9 Å². The average molecular weight is 302 g/mol. The Balaban J connectivity index is 1.83. The highest BCUT2D eigenvalue weighted by Gasteiger charge is 2.05. The summed E-state index contributed by atoms with van der Waals surface area (Å²) in [5.41, 5.74) is 2.85. The molecule has 0 saturated carbocycles. The summed E-state index contributed by atoms with van der Waals surface area (Å²) in [6.45, 7) is -0.207. The highest BCUT2D eigenvalue weighted by atomic mass is 19.1. The molecule has 1 amide bonds. The third-order valence-corrected chi connectivity index (χ3v) is 2.68. The van der Waals surface area contributed by atoms with Crippen LogP contribution in [0.15, 0.2) is 53.6 Å². The molecule has 22 heavy (non-hydrogen) atoms. The number of hydrogen-bond donors (Lipinski definition) is 1. The molecule has 0 saturated heterocycles. The number of amides is 1. The van der Waals surface area contributed by atoms with E-state index < -0.39 is 5.91 Å². The first-order chi connectivity index (χ1) is 10.7. The minimum absolute atomic E-state index is 0.207. The highest BCUT2D eigenvalue weighted by Crippen LogP contribution is 2.25. The molecular formula is C16H15FN2O3. The first-order valence-corrected chi connectivity index (χ1v) is 6.52. The molecule has 0 heterocycles. The zero-order valence-electron chi connectivity index (χ0n) is 12.0. The summed E-state index contributed by atoms with van der Waals surface area (Å²) in [6, 6.07) is 12.9. The molecule has 2 rings (SSSR count). The smallest absolute Gasteiger partial charge is 0.277 e. The van der Waals surface area contributed by atoms with E-state index in [0.29, 0.717) is 17.1 Å². The average Bonchev–Trinajstić information content (AvgIpc) is 2.53. The number of hydrazone groups is 1. The van der Waals surface area contributed by atoms with Gasteiger partial charge in [0, 0.05) is 0 Å². The van der Waals surface area contributed by atoms with Gasteiger partial charge in [0.25, 0.3) is 5.91 Å². The van der Waals surface area contributed by atoms with E-state index in [1.165, 1.54) is 25.5 Å². The Labute approximate surface area is 127 Å². The van der Waals surface area contributed by atoms with E-state index in [9.17, 15) is 9.18 Å². The lowest BCUT2D eigenvalue weighted by Gasteiger charge is -2.09. The second-order valence-electron chi connectivity index (χ2n) is 4.29. The van der Waals surface area contributed by atoms with Crippen molar-refractivity contribution in [2.75, 3.05) is 13.7 Å². The van der Waals surface area contributed by atoms with Crippen molar-refractivity contribution in [3.63, 3.8) is 0 Å². The van der Waals surface area contributed by atoms with Crippen LogP contribution in [0.3, 0.4) is 0 Å². The summed E-state index contributed by atoms with van der Waals surface area (Å²) in [7, 11) is 1.52. The molecule has 0 fully saturated rings. The lowest BCUT2D eigenvalue weighted by atomic mass is 10.2. The number of hydrogen-bond acceptors (Lipinski definition) is 4. The topological polar surface area (TPSA) is 59.9 Å². The summed E-state index contributed by atoms with van der Waals surface area (Å²) in [6.07, 6.45) is 1.35. The Morgan fingerprint density at radius 2 is 2.00 bits per heavy atom. The fraction of sp³-hybridized carbons (Fsp3) is 0.125. The number of ether oxygens (including phenoxy) is 2. The largest absolute Gasteiger partial charge is 0.493 e. The van der Waals surface area contributed by atoms with Crippen LogP contribution in [0, 0.1) is 5.82 Å². The van der Waals surface area contributed by atoms with Crippen molar-refractivity contribution < 1.29 is 18.7 Å². The van der Waals surface area contributed by atoms with Gasteiger partial charge in [-0.25, -0.2) is 9.82 Å². The zero-order valence-corrected chi connectivity index (χ0v) is 12.0. The molecule has 0 atom stereocenters. The second kappa shape index (κ2) is 7.78. The van der Waals surface area contributed by atoms with Crippen molar-refractivity contribution in [2.45, 2.75) is 0 Å². The van der Waals surface area contributed by atoms with E-state index in [0.717, 1.165) is 0 Å². The summed E-state index contributed by atoms with van der Waals surface area (Å²) in [4.78, 5) is 11.6. The molecule has 114 valence electrons. The van der Waals surface area contributed by atoms with Crippen LogP contribution < -0.4 is 14.9 Å². The third kappa shape index (κ3) is 4.59. The zero-order chi connectivity index (χ0) is 15.8. The maximum atomic E-state index is 13.0. The predicted octanol–water partition coefficient (Wildman–Crippen LogP) is 2.36. The van der Waals surface area contributed by atoms with Gasteiger partial charge >= 0.3 is 0 Å². The van der Waals surface area contributed by atoms with Crippen LogP contribution in [-0.4, -0.2) is 25.8 Å². The summed E-state index contributed by atoms with van der Waals surface area (Å²) in [5.74, 6) is 0.209. The standard InChI is InChI=1S/C16H15FN2O3/c1-21-14-7-2-3-8-15(14)22-11-16(20)19-18-10-12-5-4-6-13(17)9-12/h2-10H,11H2,1H3,(H,19,20)/b18-10+. The van der Waals surface area contributed by atoms with E-state index in [1.54, 1.807) is 36.4 Å². The van der Waals surface area contributed by atoms with Gasteiger partial charge < -0.3 is 9.47 Å². The number of nitrogens with one attached hydrogen (secondary N) is 1. The quantitative estimate of drug-likeness (QED) is 0.658. The number of halogens is 1. The molecule has 0 aliphatic rings. The van der Waals surface area contributed by atoms with Crippen LogP contribution in [0.25, 0.3) is 0 Å². The molecule has 0 unspecified atom stereocenters. The van der Waals surface area contributed by atoms with Crippen molar-refractivity contribution in [3.8, 4) is 11.5 Å². The van der Waals surface area contributed by atoms with Crippen LogP contribution in [-0.2, 0) is 4.79 Å². The summed E-state index contributed by atoms with van der Waals surface area (Å²) in [5, 5.41) is 3.74. The van der Waals surface area contributed by atoms with Gasteiger partial charge in [0.2, 0.25) is 0 Å². The van der Waals surface area contributed by atoms with Crippen molar-refractivity contribution in [2.24, 2.45) is 5.10 Å². The number of rotatable bonds is 6. The fourth-order valence-electron chi connectivity index (χ4n) is 1.68. The second-order valence-corrected chi connectivity index (χ2v) is 4.29. The fourth-order valence-corrected chi connectivity index (χ4v) is 1.68. The Hall–Kier alpha value is -2.89. The van der Waals surface area contributed by atoms with Crippen molar-refractivity contribution >= 4 is 12.1 Å². The van der Waals surface area contributed by atoms with E-state index in [2.05, 4.69) is 10.5 Å². The minimum Gasteiger partial charge on any atom is -0.493 e. The first-order valence-electron chi connectivity index (χ1n) is 6.52. The maximum absolute atomic E-state index is 13.0. The van der Waals surface area contributed by atoms with E-state index >= 15 is 0 Å². The van der Waals surface area contributed by atoms with Crippen molar-refractivity contribution in [1.82, 2.24) is 5.43 Å². The molecule has 0 bridgehead atoms. The molecule has 0 radical (unpaired) electrons. The van der Waals surface area contributed by atoms with E-state index in [-0.39, 0.29) is 12.4 Å².